The van der Waals surface area contributed by atoms with Gasteiger partial charge in [-0.25, -0.2) is 9.82 Å². The molecule has 0 unspecified atom stereocenters. The number of H-pyrrole nitrogens is 1. The number of para-hydroxylation sites is 1. The number of benzene rings is 3. The first kappa shape index (κ1) is 18.4. The minimum Gasteiger partial charge on any atom is -0.484 e. The van der Waals surface area contributed by atoms with Crippen LogP contribution in [0.4, 0.5) is 4.39 Å². The Morgan fingerprint density at radius 1 is 1.00 bits per heavy atom. The maximum atomic E-state index is 12.9. The fourth-order valence-corrected chi connectivity index (χ4v) is 3.01. The number of fused-ring (bicyclic) bond motifs is 1. The third kappa shape index (κ3) is 4.32. The lowest BCUT2D eigenvalue weighted by Crippen LogP contribution is -2.24. The molecule has 0 radical (unpaired) electrons. The van der Waals surface area contributed by atoms with Crippen LogP contribution < -0.4 is 10.2 Å². The fourth-order valence-electron chi connectivity index (χ4n) is 3.01. The van der Waals surface area contributed by atoms with Crippen molar-refractivity contribution in [2.75, 3.05) is 6.61 Å². The Hall–Kier alpha value is -3.93. The summed E-state index contributed by atoms with van der Waals surface area (Å²) >= 11 is 0. The Morgan fingerprint density at radius 2 is 1.72 bits per heavy atom. The van der Waals surface area contributed by atoms with Gasteiger partial charge in [0.15, 0.2) is 6.61 Å². The molecule has 5 nitrogen and oxygen atoms in total. The van der Waals surface area contributed by atoms with Crippen LogP contribution in [-0.2, 0) is 4.79 Å². The zero-order valence-corrected chi connectivity index (χ0v) is 15.4. The van der Waals surface area contributed by atoms with Crippen LogP contribution >= 0.6 is 0 Å². The Bertz CT molecular complexity index is 1150. The largest absolute Gasteiger partial charge is 0.484 e. The summed E-state index contributed by atoms with van der Waals surface area (Å²) in [5.41, 5.74) is 6.28. The summed E-state index contributed by atoms with van der Waals surface area (Å²) in [6, 6.07) is 23.3. The molecule has 6 heteroatoms. The number of rotatable bonds is 6. The predicted molar refractivity (Wildman–Crippen MR) is 111 cm³/mol. The van der Waals surface area contributed by atoms with E-state index in [1.165, 1.54) is 24.3 Å². The smallest absolute Gasteiger partial charge is 0.277 e. The molecule has 2 N–H and O–H groups in total. The normalized spacial score (nSPS) is 11.1. The minimum atomic E-state index is -0.410. The second-order valence-electron chi connectivity index (χ2n) is 6.36. The molecule has 0 bridgehead atoms. The minimum absolute atomic E-state index is 0.220. The molecule has 4 rings (SSSR count). The van der Waals surface area contributed by atoms with Crippen molar-refractivity contribution in [3.05, 3.63) is 90.2 Å². The first-order valence-electron chi connectivity index (χ1n) is 9.07. The number of carbonyl (C=O) groups excluding carboxylic acids is 1. The summed E-state index contributed by atoms with van der Waals surface area (Å²) < 4.78 is 18.2. The third-order valence-electron chi connectivity index (χ3n) is 4.38. The summed E-state index contributed by atoms with van der Waals surface area (Å²) in [6.45, 7) is -0.220. The molecule has 0 saturated carbocycles. The van der Waals surface area contributed by atoms with Gasteiger partial charge in [-0.3, -0.25) is 4.79 Å². The maximum Gasteiger partial charge on any atom is 0.277 e. The zero-order chi connectivity index (χ0) is 20.1. The molecule has 0 spiro atoms. The van der Waals surface area contributed by atoms with Gasteiger partial charge in [0.05, 0.1) is 11.9 Å². The second-order valence-corrected chi connectivity index (χ2v) is 6.36. The summed E-state index contributed by atoms with van der Waals surface area (Å²) in [7, 11) is 0. The van der Waals surface area contributed by atoms with Crippen LogP contribution in [0.25, 0.3) is 22.2 Å². The molecule has 0 aliphatic heterocycles. The van der Waals surface area contributed by atoms with Gasteiger partial charge >= 0.3 is 0 Å². The first-order chi connectivity index (χ1) is 14.2. The molecular formula is C23H18FN3O2. The van der Waals surface area contributed by atoms with Gasteiger partial charge in [-0.2, -0.15) is 5.10 Å². The Morgan fingerprint density at radius 3 is 2.52 bits per heavy atom. The molecule has 3 aromatic carbocycles. The lowest BCUT2D eigenvalue weighted by Gasteiger charge is -2.04. The highest BCUT2D eigenvalue weighted by Crippen LogP contribution is 2.28. The van der Waals surface area contributed by atoms with Crippen molar-refractivity contribution < 1.29 is 13.9 Å². The van der Waals surface area contributed by atoms with Crippen molar-refractivity contribution in [2.45, 2.75) is 0 Å². The number of carbonyl (C=O) groups is 1. The molecule has 0 aliphatic rings. The number of aromatic amines is 1. The van der Waals surface area contributed by atoms with Crippen molar-refractivity contribution >= 4 is 23.0 Å². The zero-order valence-electron chi connectivity index (χ0n) is 15.4. The fraction of sp³-hybridized carbons (Fsp3) is 0.0435. The van der Waals surface area contributed by atoms with Gasteiger partial charge in [0.1, 0.15) is 11.6 Å². The van der Waals surface area contributed by atoms with Crippen LogP contribution in [0.1, 0.15) is 5.56 Å². The average Bonchev–Trinajstić information content (AvgIpc) is 3.13. The van der Waals surface area contributed by atoms with Gasteiger partial charge in [-0.15, -0.1) is 0 Å². The topological polar surface area (TPSA) is 66.5 Å². The van der Waals surface area contributed by atoms with E-state index in [0.29, 0.717) is 5.75 Å². The van der Waals surface area contributed by atoms with E-state index >= 15 is 0 Å². The quantitative estimate of drug-likeness (QED) is 0.378. The Labute approximate surface area is 166 Å². The van der Waals surface area contributed by atoms with Crippen molar-refractivity contribution in [2.24, 2.45) is 5.10 Å². The van der Waals surface area contributed by atoms with Gasteiger partial charge in [-0.1, -0.05) is 48.5 Å². The average molecular weight is 387 g/mol. The third-order valence-corrected chi connectivity index (χ3v) is 4.38. The molecule has 1 amide bonds. The standard InChI is InChI=1S/C23H18FN3O2/c24-17-10-12-18(13-11-17)29-15-22(28)27-25-14-20-19-8-4-5-9-21(19)26-23(20)16-6-2-1-3-7-16/h1-14,26H,15H2,(H,27,28)/b25-14+. The van der Waals surface area contributed by atoms with Gasteiger partial charge in [-0.05, 0) is 35.9 Å². The molecule has 1 aromatic heterocycles. The number of halogens is 1. The summed E-state index contributed by atoms with van der Waals surface area (Å²) in [6.07, 6.45) is 1.62. The molecule has 0 atom stereocenters. The number of ether oxygens (including phenoxy) is 1. The molecule has 0 fully saturated rings. The number of hydrogen-bond donors (Lipinski definition) is 2. The van der Waals surface area contributed by atoms with Crippen LogP contribution in [0.15, 0.2) is 84.0 Å². The summed E-state index contributed by atoms with van der Waals surface area (Å²) in [4.78, 5) is 15.4. The molecular weight excluding hydrogens is 369 g/mol. The van der Waals surface area contributed by atoms with E-state index in [9.17, 15) is 9.18 Å². The number of hydrogen-bond acceptors (Lipinski definition) is 3. The van der Waals surface area contributed by atoms with E-state index in [1.54, 1.807) is 6.21 Å². The second kappa shape index (κ2) is 8.39. The molecule has 144 valence electrons. The van der Waals surface area contributed by atoms with E-state index in [2.05, 4.69) is 15.5 Å². The van der Waals surface area contributed by atoms with E-state index in [-0.39, 0.29) is 12.4 Å². The van der Waals surface area contributed by atoms with Crippen molar-refractivity contribution in [3.8, 4) is 17.0 Å². The Balaban J connectivity index is 1.49. The number of nitrogens with zero attached hydrogens (tertiary/aromatic N) is 1. The van der Waals surface area contributed by atoms with Crippen LogP contribution in [0, 0.1) is 5.82 Å². The highest BCUT2D eigenvalue weighted by atomic mass is 19.1. The molecule has 1 heterocycles. The number of nitrogens with one attached hydrogen (secondary N) is 2. The van der Waals surface area contributed by atoms with Crippen molar-refractivity contribution in [1.29, 1.82) is 0 Å². The van der Waals surface area contributed by atoms with Crippen LogP contribution in [0.2, 0.25) is 0 Å². The summed E-state index contributed by atoms with van der Waals surface area (Å²) in [5.74, 6) is -0.362. The lowest BCUT2D eigenvalue weighted by atomic mass is 10.1. The predicted octanol–water partition coefficient (Wildman–Crippen LogP) is 4.50. The van der Waals surface area contributed by atoms with Crippen LogP contribution in [0.3, 0.4) is 0 Å². The first-order valence-corrected chi connectivity index (χ1v) is 9.07. The number of aromatic nitrogens is 1. The van der Waals surface area contributed by atoms with E-state index in [1.807, 2.05) is 54.6 Å². The highest BCUT2D eigenvalue weighted by molar-refractivity contribution is 6.06. The molecule has 29 heavy (non-hydrogen) atoms. The lowest BCUT2D eigenvalue weighted by molar-refractivity contribution is -0.123. The van der Waals surface area contributed by atoms with Crippen molar-refractivity contribution in [1.82, 2.24) is 10.4 Å². The molecule has 0 saturated heterocycles. The van der Waals surface area contributed by atoms with E-state index in [0.717, 1.165) is 27.7 Å². The molecule has 0 aliphatic carbocycles. The van der Waals surface area contributed by atoms with E-state index in [4.69, 9.17) is 4.74 Å². The monoisotopic (exact) mass is 387 g/mol. The SMILES string of the molecule is O=C(COc1ccc(F)cc1)N/N=C/c1c(-c2ccccc2)[nH]c2ccccc12. The molecule has 4 aromatic rings. The van der Waals surface area contributed by atoms with Gasteiger partial charge < -0.3 is 9.72 Å². The maximum absolute atomic E-state index is 12.9. The number of hydrazone groups is 1. The van der Waals surface area contributed by atoms with Gasteiger partial charge in [0.25, 0.3) is 5.91 Å². The summed E-state index contributed by atoms with van der Waals surface area (Å²) in [5, 5.41) is 5.10. The number of amides is 1. The van der Waals surface area contributed by atoms with Crippen LogP contribution in [-0.4, -0.2) is 23.7 Å². The van der Waals surface area contributed by atoms with Gasteiger partial charge in [0, 0.05) is 16.5 Å². The van der Waals surface area contributed by atoms with Crippen LogP contribution in [0.5, 0.6) is 5.75 Å². The van der Waals surface area contributed by atoms with Gasteiger partial charge in [0.2, 0.25) is 0 Å². The van der Waals surface area contributed by atoms with E-state index < -0.39 is 5.91 Å². The van der Waals surface area contributed by atoms with Crippen molar-refractivity contribution in [3.63, 3.8) is 0 Å². The highest BCUT2D eigenvalue weighted by Gasteiger charge is 2.11. The Kier molecular flexibility index (Phi) is 5.33.